The first-order valence-electron chi connectivity index (χ1n) is 6.85. The fourth-order valence-corrected chi connectivity index (χ4v) is 2.31. The van der Waals surface area contributed by atoms with Gasteiger partial charge in [-0.3, -0.25) is 0 Å². The summed E-state index contributed by atoms with van der Waals surface area (Å²) in [5, 5.41) is 0. The van der Waals surface area contributed by atoms with Crippen molar-refractivity contribution in [1.82, 2.24) is 0 Å². The first kappa shape index (κ1) is 13.0. The zero-order valence-electron chi connectivity index (χ0n) is 11.6. The Morgan fingerprint density at radius 1 is 0.571 bits per heavy atom. The quantitative estimate of drug-likeness (QED) is 0.595. The van der Waals surface area contributed by atoms with E-state index < -0.39 is 0 Å². The van der Waals surface area contributed by atoms with Crippen LogP contribution in [0.4, 0.5) is 17.1 Å². The molecule has 0 saturated carbocycles. The average Bonchev–Trinajstić information content (AvgIpc) is 2.58. The molecule has 0 aromatic heterocycles. The standard InChI is InChI=1S/C20H15N/c1-2-17-13-15-20(16-14-17)21(18-9-5-3-6-10-18)19-11-7-4-8-12-19/h1,3-16H. The average molecular weight is 269 g/mol. The summed E-state index contributed by atoms with van der Waals surface area (Å²) in [6.45, 7) is 0. The molecule has 0 aliphatic heterocycles. The van der Waals surface area contributed by atoms with E-state index >= 15 is 0 Å². The van der Waals surface area contributed by atoms with Crippen molar-refractivity contribution in [2.45, 2.75) is 0 Å². The summed E-state index contributed by atoms with van der Waals surface area (Å²) in [4.78, 5) is 2.21. The third-order valence-electron chi connectivity index (χ3n) is 3.32. The van der Waals surface area contributed by atoms with E-state index in [0.717, 1.165) is 22.6 Å². The van der Waals surface area contributed by atoms with E-state index in [4.69, 9.17) is 6.42 Å². The molecule has 0 radical (unpaired) electrons. The second-order valence-electron chi connectivity index (χ2n) is 4.70. The largest absolute Gasteiger partial charge is 0.311 e. The van der Waals surface area contributed by atoms with Crippen LogP contribution in [0.15, 0.2) is 84.9 Å². The number of hydrogen-bond donors (Lipinski definition) is 0. The lowest BCUT2D eigenvalue weighted by Gasteiger charge is -2.25. The minimum atomic E-state index is 0.889. The summed E-state index contributed by atoms with van der Waals surface area (Å²) in [6.07, 6.45) is 5.43. The predicted molar refractivity (Wildman–Crippen MR) is 89.1 cm³/mol. The van der Waals surface area contributed by atoms with E-state index in [1.807, 2.05) is 48.5 Å². The van der Waals surface area contributed by atoms with Crippen LogP contribution < -0.4 is 4.90 Å². The molecule has 3 aromatic carbocycles. The van der Waals surface area contributed by atoms with Crippen LogP contribution in [0, 0.1) is 12.3 Å². The molecule has 0 fully saturated rings. The molecule has 0 amide bonds. The number of nitrogens with zero attached hydrogens (tertiary/aromatic N) is 1. The lowest BCUT2D eigenvalue weighted by molar-refractivity contribution is 1.28. The molecule has 0 atom stereocenters. The molecular formula is C20H15N. The Morgan fingerprint density at radius 3 is 1.43 bits per heavy atom. The van der Waals surface area contributed by atoms with Gasteiger partial charge in [0.05, 0.1) is 0 Å². The fraction of sp³-hybridized carbons (Fsp3) is 0. The lowest BCUT2D eigenvalue weighted by atomic mass is 10.1. The van der Waals surface area contributed by atoms with Crippen LogP contribution in [0.25, 0.3) is 0 Å². The van der Waals surface area contributed by atoms with Gasteiger partial charge in [-0.1, -0.05) is 42.3 Å². The molecule has 3 rings (SSSR count). The summed E-state index contributed by atoms with van der Waals surface area (Å²) >= 11 is 0. The van der Waals surface area contributed by atoms with Gasteiger partial charge in [0.1, 0.15) is 0 Å². The van der Waals surface area contributed by atoms with E-state index in [2.05, 4.69) is 47.2 Å². The van der Waals surface area contributed by atoms with Crippen LogP contribution in [0.3, 0.4) is 0 Å². The minimum Gasteiger partial charge on any atom is -0.311 e. The van der Waals surface area contributed by atoms with Gasteiger partial charge in [0.15, 0.2) is 0 Å². The van der Waals surface area contributed by atoms with Crippen LogP contribution in [0.1, 0.15) is 5.56 Å². The van der Waals surface area contributed by atoms with Crippen molar-refractivity contribution < 1.29 is 0 Å². The van der Waals surface area contributed by atoms with Crippen LogP contribution in [0.2, 0.25) is 0 Å². The molecule has 3 aromatic rings. The molecule has 0 N–H and O–H groups in total. The molecule has 0 saturated heterocycles. The molecule has 0 unspecified atom stereocenters. The number of para-hydroxylation sites is 2. The van der Waals surface area contributed by atoms with Gasteiger partial charge in [0, 0.05) is 22.6 Å². The maximum atomic E-state index is 5.43. The Balaban J connectivity index is 2.10. The highest BCUT2D eigenvalue weighted by Gasteiger charge is 2.10. The van der Waals surface area contributed by atoms with Crippen LogP contribution in [0.5, 0.6) is 0 Å². The monoisotopic (exact) mass is 269 g/mol. The van der Waals surface area contributed by atoms with Gasteiger partial charge in [-0.05, 0) is 48.5 Å². The molecule has 0 aliphatic carbocycles. The van der Waals surface area contributed by atoms with Gasteiger partial charge in [0.2, 0.25) is 0 Å². The third-order valence-corrected chi connectivity index (χ3v) is 3.32. The first-order chi connectivity index (χ1) is 10.4. The highest BCUT2D eigenvalue weighted by molar-refractivity contribution is 5.76. The van der Waals surface area contributed by atoms with E-state index in [1.54, 1.807) is 0 Å². The Kier molecular flexibility index (Phi) is 3.71. The van der Waals surface area contributed by atoms with Gasteiger partial charge in [0.25, 0.3) is 0 Å². The SMILES string of the molecule is C#Cc1ccc(N(c2ccccc2)c2ccccc2)cc1. The summed E-state index contributed by atoms with van der Waals surface area (Å²) in [5.74, 6) is 2.65. The molecular weight excluding hydrogens is 254 g/mol. The van der Waals surface area contributed by atoms with Crippen molar-refractivity contribution in [2.24, 2.45) is 0 Å². The lowest BCUT2D eigenvalue weighted by Crippen LogP contribution is -2.09. The van der Waals surface area contributed by atoms with Gasteiger partial charge in [-0.2, -0.15) is 0 Å². The second-order valence-corrected chi connectivity index (χ2v) is 4.70. The number of benzene rings is 3. The molecule has 0 aliphatic rings. The number of anilines is 3. The van der Waals surface area contributed by atoms with E-state index in [-0.39, 0.29) is 0 Å². The summed E-state index contributed by atoms with van der Waals surface area (Å²) in [7, 11) is 0. The Hall–Kier alpha value is -2.98. The first-order valence-corrected chi connectivity index (χ1v) is 6.85. The highest BCUT2D eigenvalue weighted by atomic mass is 15.1. The molecule has 0 heterocycles. The predicted octanol–water partition coefficient (Wildman–Crippen LogP) is 5.14. The Bertz CT molecular complexity index is 698. The third kappa shape index (κ3) is 2.80. The molecule has 100 valence electrons. The minimum absolute atomic E-state index is 0.889. The van der Waals surface area contributed by atoms with Crippen molar-refractivity contribution in [2.75, 3.05) is 4.90 Å². The van der Waals surface area contributed by atoms with Crippen molar-refractivity contribution >= 4 is 17.1 Å². The summed E-state index contributed by atoms with van der Waals surface area (Å²) in [6, 6.07) is 28.6. The van der Waals surface area contributed by atoms with E-state index in [1.165, 1.54) is 0 Å². The topological polar surface area (TPSA) is 3.24 Å². The van der Waals surface area contributed by atoms with Crippen molar-refractivity contribution in [1.29, 1.82) is 0 Å². The van der Waals surface area contributed by atoms with E-state index in [0.29, 0.717) is 0 Å². The maximum absolute atomic E-state index is 5.43. The molecule has 21 heavy (non-hydrogen) atoms. The zero-order chi connectivity index (χ0) is 14.5. The van der Waals surface area contributed by atoms with Crippen molar-refractivity contribution in [3.8, 4) is 12.3 Å². The van der Waals surface area contributed by atoms with Crippen LogP contribution >= 0.6 is 0 Å². The summed E-state index contributed by atoms with van der Waals surface area (Å²) < 4.78 is 0. The Morgan fingerprint density at radius 2 is 1.00 bits per heavy atom. The normalized spacial score (nSPS) is 9.86. The molecule has 0 spiro atoms. The second kappa shape index (κ2) is 5.98. The summed E-state index contributed by atoms with van der Waals surface area (Å²) in [5.41, 5.74) is 4.22. The molecule has 1 nitrogen and oxygen atoms in total. The van der Waals surface area contributed by atoms with Gasteiger partial charge in [-0.25, -0.2) is 0 Å². The fourth-order valence-electron chi connectivity index (χ4n) is 2.31. The van der Waals surface area contributed by atoms with Gasteiger partial charge < -0.3 is 4.90 Å². The zero-order valence-corrected chi connectivity index (χ0v) is 11.6. The van der Waals surface area contributed by atoms with Crippen LogP contribution in [-0.2, 0) is 0 Å². The van der Waals surface area contributed by atoms with Gasteiger partial charge >= 0.3 is 0 Å². The Labute approximate surface area is 125 Å². The van der Waals surface area contributed by atoms with Crippen LogP contribution in [-0.4, -0.2) is 0 Å². The number of hydrogen-bond acceptors (Lipinski definition) is 1. The maximum Gasteiger partial charge on any atom is 0.0462 e. The van der Waals surface area contributed by atoms with E-state index in [9.17, 15) is 0 Å². The number of terminal acetylenes is 1. The van der Waals surface area contributed by atoms with Crippen molar-refractivity contribution in [3.63, 3.8) is 0 Å². The highest BCUT2D eigenvalue weighted by Crippen LogP contribution is 2.33. The molecule has 0 bridgehead atoms. The van der Waals surface area contributed by atoms with Crippen molar-refractivity contribution in [3.05, 3.63) is 90.5 Å². The smallest absolute Gasteiger partial charge is 0.0462 e. The molecule has 1 heteroatoms. The number of rotatable bonds is 3. The van der Waals surface area contributed by atoms with Gasteiger partial charge in [-0.15, -0.1) is 6.42 Å².